The lowest BCUT2D eigenvalue weighted by molar-refractivity contribution is 0.100. The van der Waals surface area contributed by atoms with Gasteiger partial charge >= 0.3 is 0 Å². The van der Waals surface area contributed by atoms with Gasteiger partial charge in [-0.15, -0.1) is 11.3 Å². The number of hydrogen-bond donors (Lipinski definition) is 3. The van der Waals surface area contributed by atoms with Gasteiger partial charge in [-0.3, -0.25) is 14.2 Å². The lowest BCUT2D eigenvalue weighted by Crippen LogP contribution is -2.27. The highest BCUT2D eigenvalue weighted by molar-refractivity contribution is 7.20. The number of aryl methyl sites for hydroxylation is 1. The van der Waals surface area contributed by atoms with Gasteiger partial charge in [0, 0.05) is 5.56 Å². The highest BCUT2D eigenvalue weighted by Gasteiger charge is 2.23. The number of phenolic OH excluding ortho intramolecular Hbond substituents is 1. The summed E-state index contributed by atoms with van der Waals surface area (Å²) >= 11 is 0.991. The summed E-state index contributed by atoms with van der Waals surface area (Å²) in [5, 5.41) is 19.3. The normalized spacial score (nSPS) is 10.8. The first kappa shape index (κ1) is 16.5. The minimum absolute atomic E-state index is 0.00402. The smallest absolute Gasteiger partial charge is 0.265 e. The standard InChI is InChI=1S/C17H14N4O3S/c1-7-3-4-11(22)8(2)13(7)21-15(19)12(16(20)23)14-10(17(21)24)5-9(6-18)25-14/h3-5,22H,19H2,1-2H3,(H2,20,23). The minimum atomic E-state index is -0.793. The number of nitriles is 1. The van der Waals surface area contributed by atoms with Crippen molar-refractivity contribution in [2.75, 3.05) is 5.73 Å². The Bertz CT molecular complexity index is 1150. The van der Waals surface area contributed by atoms with Crippen LogP contribution in [0, 0.1) is 25.2 Å². The highest BCUT2D eigenvalue weighted by atomic mass is 32.1. The summed E-state index contributed by atoms with van der Waals surface area (Å²) in [6.07, 6.45) is 0. The molecule has 0 atom stereocenters. The molecular formula is C17H14N4O3S. The number of anilines is 1. The quantitative estimate of drug-likeness (QED) is 0.646. The van der Waals surface area contributed by atoms with Crippen molar-refractivity contribution < 1.29 is 9.90 Å². The van der Waals surface area contributed by atoms with Crippen molar-refractivity contribution in [3.05, 3.63) is 50.1 Å². The summed E-state index contributed by atoms with van der Waals surface area (Å²) in [4.78, 5) is 25.3. The average molecular weight is 354 g/mol. The Balaban J connectivity index is 2.58. The largest absolute Gasteiger partial charge is 0.508 e. The number of benzene rings is 1. The molecule has 1 aromatic carbocycles. The van der Waals surface area contributed by atoms with E-state index in [9.17, 15) is 14.7 Å². The molecule has 25 heavy (non-hydrogen) atoms. The zero-order valence-electron chi connectivity index (χ0n) is 13.5. The Morgan fingerprint density at radius 2 is 2.04 bits per heavy atom. The van der Waals surface area contributed by atoms with Crippen molar-refractivity contribution in [3.63, 3.8) is 0 Å². The lowest BCUT2D eigenvalue weighted by Gasteiger charge is -2.18. The maximum atomic E-state index is 13.0. The maximum Gasteiger partial charge on any atom is 0.265 e. The number of aromatic nitrogens is 1. The number of carbonyl (C=O) groups is 1. The van der Waals surface area contributed by atoms with E-state index in [-0.39, 0.29) is 27.4 Å². The van der Waals surface area contributed by atoms with Crippen LogP contribution in [0.4, 0.5) is 5.82 Å². The molecule has 2 aromatic heterocycles. The van der Waals surface area contributed by atoms with E-state index >= 15 is 0 Å². The molecule has 126 valence electrons. The van der Waals surface area contributed by atoms with Crippen molar-refractivity contribution in [3.8, 4) is 17.5 Å². The molecule has 0 spiro atoms. The molecule has 0 saturated heterocycles. The van der Waals surface area contributed by atoms with Gasteiger partial charge in [0.05, 0.1) is 21.3 Å². The van der Waals surface area contributed by atoms with E-state index in [0.717, 1.165) is 11.3 Å². The van der Waals surface area contributed by atoms with Gasteiger partial charge in [-0.2, -0.15) is 5.26 Å². The van der Waals surface area contributed by atoms with E-state index in [1.54, 1.807) is 19.9 Å². The van der Waals surface area contributed by atoms with Crippen LogP contribution in [0.2, 0.25) is 0 Å². The number of nitrogens with two attached hydrogens (primary N) is 2. The number of nitrogens with zero attached hydrogens (tertiary/aromatic N) is 2. The van der Waals surface area contributed by atoms with Crippen LogP contribution >= 0.6 is 11.3 Å². The van der Waals surface area contributed by atoms with Crippen molar-refractivity contribution >= 4 is 33.1 Å². The van der Waals surface area contributed by atoms with Crippen molar-refractivity contribution in [2.45, 2.75) is 13.8 Å². The molecule has 3 aromatic rings. The molecule has 0 aliphatic carbocycles. The first-order valence-electron chi connectivity index (χ1n) is 7.25. The van der Waals surface area contributed by atoms with Gasteiger partial charge in [0.1, 0.15) is 22.5 Å². The number of nitrogen functional groups attached to an aromatic ring is 1. The summed E-state index contributed by atoms with van der Waals surface area (Å²) in [6, 6.07) is 6.53. The summed E-state index contributed by atoms with van der Waals surface area (Å²) < 4.78 is 1.46. The first-order valence-corrected chi connectivity index (χ1v) is 8.07. The van der Waals surface area contributed by atoms with Crippen LogP contribution in [0.1, 0.15) is 26.4 Å². The fourth-order valence-corrected chi connectivity index (χ4v) is 3.88. The number of amides is 1. The van der Waals surface area contributed by atoms with E-state index in [2.05, 4.69) is 0 Å². The van der Waals surface area contributed by atoms with Crippen LogP contribution in [0.15, 0.2) is 23.0 Å². The Morgan fingerprint density at radius 1 is 1.36 bits per heavy atom. The number of fused-ring (bicyclic) bond motifs is 1. The highest BCUT2D eigenvalue weighted by Crippen LogP contribution is 2.33. The van der Waals surface area contributed by atoms with Crippen LogP contribution in [-0.4, -0.2) is 15.6 Å². The van der Waals surface area contributed by atoms with Crippen molar-refractivity contribution in [1.29, 1.82) is 5.26 Å². The van der Waals surface area contributed by atoms with Gasteiger partial charge in [0.15, 0.2) is 0 Å². The van der Waals surface area contributed by atoms with Gasteiger partial charge in [-0.05, 0) is 31.5 Å². The van der Waals surface area contributed by atoms with E-state index < -0.39 is 11.5 Å². The third kappa shape index (κ3) is 2.33. The first-order chi connectivity index (χ1) is 11.8. The molecule has 0 radical (unpaired) electrons. The predicted molar refractivity (Wildman–Crippen MR) is 96.2 cm³/mol. The maximum absolute atomic E-state index is 13.0. The number of carbonyl (C=O) groups excluding carboxylic acids is 1. The van der Waals surface area contributed by atoms with E-state index in [4.69, 9.17) is 16.7 Å². The summed E-state index contributed by atoms with van der Waals surface area (Å²) in [6.45, 7) is 3.40. The summed E-state index contributed by atoms with van der Waals surface area (Å²) in [7, 11) is 0. The van der Waals surface area contributed by atoms with Crippen LogP contribution in [0.3, 0.4) is 0 Å². The number of rotatable bonds is 2. The van der Waals surface area contributed by atoms with Crippen LogP contribution in [0.25, 0.3) is 15.8 Å². The molecular weight excluding hydrogens is 340 g/mol. The minimum Gasteiger partial charge on any atom is -0.508 e. The Morgan fingerprint density at radius 3 is 2.64 bits per heavy atom. The molecule has 0 unspecified atom stereocenters. The second-order valence-corrected chi connectivity index (χ2v) is 6.66. The Labute approximate surface area is 146 Å². The van der Waals surface area contributed by atoms with E-state index in [1.807, 2.05) is 6.07 Å². The third-order valence-corrected chi connectivity index (χ3v) is 5.13. The van der Waals surface area contributed by atoms with Crippen LogP contribution < -0.4 is 17.0 Å². The molecule has 2 heterocycles. The van der Waals surface area contributed by atoms with Crippen LogP contribution in [-0.2, 0) is 0 Å². The molecule has 0 fully saturated rings. The SMILES string of the molecule is Cc1ccc(O)c(C)c1-n1c(N)c(C(N)=O)c2sc(C#N)cc2c1=O. The van der Waals surface area contributed by atoms with Crippen molar-refractivity contribution in [1.82, 2.24) is 4.57 Å². The van der Waals surface area contributed by atoms with Gasteiger partial charge in [-0.1, -0.05) is 6.07 Å². The number of thiophene rings is 1. The average Bonchev–Trinajstić information content (AvgIpc) is 2.98. The number of primary amides is 1. The molecule has 3 rings (SSSR count). The Hall–Kier alpha value is -3.31. The Kier molecular flexibility index (Phi) is 3.74. The number of phenols is 1. The molecule has 7 nitrogen and oxygen atoms in total. The van der Waals surface area contributed by atoms with Gasteiger partial charge in [0.2, 0.25) is 0 Å². The number of hydrogen-bond acceptors (Lipinski definition) is 6. The zero-order valence-corrected chi connectivity index (χ0v) is 14.3. The fraction of sp³-hybridized carbons (Fsp3) is 0.118. The van der Waals surface area contributed by atoms with E-state index in [1.165, 1.54) is 16.7 Å². The van der Waals surface area contributed by atoms with Gasteiger partial charge < -0.3 is 16.6 Å². The predicted octanol–water partition coefficient (Wildman–Crippen LogP) is 1.93. The zero-order chi connectivity index (χ0) is 18.5. The topological polar surface area (TPSA) is 135 Å². The van der Waals surface area contributed by atoms with Gasteiger partial charge in [0.25, 0.3) is 11.5 Å². The van der Waals surface area contributed by atoms with Crippen LogP contribution in [0.5, 0.6) is 5.75 Å². The summed E-state index contributed by atoms with van der Waals surface area (Å²) in [5.74, 6) is -0.915. The van der Waals surface area contributed by atoms with Gasteiger partial charge in [-0.25, -0.2) is 0 Å². The molecule has 0 aliphatic heterocycles. The second kappa shape index (κ2) is 5.65. The molecule has 8 heteroatoms. The molecule has 5 N–H and O–H groups in total. The van der Waals surface area contributed by atoms with Crippen molar-refractivity contribution in [2.24, 2.45) is 5.73 Å². The monoisotopic (exact) mass is 354 g/mol. The fourth-order valence-electron chi connectivity index (χ4n) is 2.88. The number of aromatic hydroxyl groups is 1. The molecule has 0 aliphatic rings. The second-order valence-electron chi connectivity index (χ2n) is 5.61. The number of pyridine rings is 1. The van der Waals surface area contributed by atoms with E-state index in [0.29, 0.717) is 21.5 Å². The lowest BCUT2D eigenvalue weighted by atomic mass is 10.1. The third-order valence-electron chi connectivity index (χ3n) is 4.07. The molecule has 0 saturated carbocycles. The molecule has 1 amide bonds. The molecule has 0 bridgehead atoms. The summed E-state index contributed by atoms with van der Waals surface area (Å²) in [5.41, 5.74) is 12.6.